The van der Waals surface area contributed by atoms with Gasteiger partial charge < -0.3 is 19.7 Å². The van der Waals surface area contributed by atoms with Gasteiger partial charge in [0.25, 0.3) is 0 Å². The Hall–Kier alpha value is -4.33. The maximum absolute atomic E-state index is 17.1. The molecule has 5 aliphatic heterocycles. The lowest BCUT2D eigenvalue weighted by Crippen LogP contribution is -2.62. The van der Waals surface area contributed by atoms with Crippen molar-refractivity contribution in [2.45, 2.75) is 68.8 Å². The van der Waals surface area contributed by atoms with Gasteiger partial charge in [-0.3, -0.25) is 4.90 Å². The number of anilines is 1. The molecule has 8 nitrogen and oxygen atoms in total. The van der Waals surface area contributed by atoms with Gasteiger partial charge in [-0.15, -0.1) is 6.42 Å². The minimum Gasteiger partial charge on any atom is -0.472 e. The Morgan fingerprint density at radius 1 is 1.15 bits per heavy atom. The van der Waals surface area contributed by atoms with E-state index in [-0.39, 0.29) is 52.4 Å². The third-order valence-electron chi connectivity index (χ3n) is 11.0. The number of hydrogen-bond donors (Lipinski definition) is 1. The molecule has 234 valence electrons. The highest BCUT2D eigenvalue weighted by molar-refractivity contribution is 6.03. The molecule has 5 atom stereocenters. The molecule has 2 bridgehead atoms. The Morgan fingerprint density at radius 3 is 2.91 bits per heavy atom. The average Bonchev–Trinajstić information content (AvgIpc) is 3.72. The monoisotopic (exact) mass is 620 g/mol. The molecule has 0 spiro atoms. The Labute approximate surface area is 265 Å². The lowest BCUT2D eigenvalue weighted by Gasteiger charge is -2.42. The maximum Gasteiger partial charge on any atom is 0.319 e. The normalized spacial score (nSPS) is 28.2. The fourth-order valence-electron chi connectivity index (χ4n) is 8.84. The van der Waals surface area contributed by atoms with Gasteiger partial charge in [-0.2, -0.15) is 9.97 Å². The highest BCUT2D eigenvalue weighted by Gasteiger charge is 2.49. The van der Waals surface area contributed by atoms with E-state index >= 15 is 4.39 Å². The molecule has 4 saturated heterocycles. The third-order valence-corrected chi connectivity index (χ3v) is 11.0. The largest absolute Gasteiger partial charge is 0.472 e. The van der Waals surface area contributed by atoms with Crippen LogP contribution in [-0.2, 0) is 0 Å². The molecular weight excluding hydrogens is 586 g/mol. The molecule has 5 aliphatic rings. The fourth-order valence-corrected chi connectivity index (χ4v) is 8.84. The molecule has 7 heterocycles. The quantitative estimate of drug-likeness (QED) is 0.241. The molecule has 1 N–H and O–H groups in total. The highest BCUT2D eigenvalue weighted by Crippen LogP contribution is 2.46. The van der Waals surface area contributed by atoms with Crippen molar-refractivity contribution in [3.8, 4) is 35.5 Å². The summed E-state index contributed by atoms with van der Waals surface area (Å²) in [6.45, 7) is 9.42. The van der Waals surface area contributed by atoms with Crippen LogP contribution in [0.3, 0.4) is 0 Å². The van der Waals surface area contributed by atoms with Crippen molar-refractivity contribution >= 4 is 27.5 Å². The Morgan fingerprint density at radius 2 is 2.04 bits per heavy atom. The van der Waals surface area contributed by atoms with E-state index in [2.05, 4.69) is 27.6 Å². The number of fused-ring (bicyclic) bond motifs is 7. The number of rotatable bonds is 4. The van der Waals surface area contributed by atoms with Gasteiger partial charge in [-0.25, -0.2) is 13.8 Å². The summed E-state index contributed by atoms with van der Waals surface area (Å²) in [6, 6.07) is 8.81. The fraction of sp³-hybridized carbons (Fsp3) is 0.417. The summed E-state index contributed by atoms with van der Waals surface area (Å²) in [5.74, 6) is 2.06. The minimum atomic E-state index is -0.661. The van der Waals surface area contributed by atoms with Crippen LogP contribution in [0.4, 0.5) is 14.6 Å². The minimum absolute atomic E-state index is 0.0118. The van der Waals surface area contributed by atoms with E-state index < -0.39 is 11.6 Å². The summed E-state index contributed by atoms with van der Waals surface area (Å²) in [5, 5.41) is 5.24. The van der Waals surface area contributed by atoms with Gasteiger partial charge in [-0.1, -0.05) is 42.3 Å². The van der Waals surface area contributed by atoms with Crippen LogP contribution in [0.5, 0.6) is 11.9 Å². The van der Waals surface area contributed by atoms with E-state index in [9.17, 15) is 4.39 Å². The molecule has 2 aromatic carbocycles. The van der Waals surface area contributed by atoms with Crippen molar-refractivity contribution in [2.24, 2.45) is 0 Å². The second-order valence-electron chi connectivity index (χ2n) is 13.4. The third kappa shape index (κ3) is 3.88. The zero-order valence-electron chi connectivity index (χ0n) is 25.7. The maximum atomic E-state index is 17.1. The first-order valence-electron chi connectivity index (χ1n) is 16.2. The SMILES string of the molecule is C#Cc1c(F)ccc2cccc(-c3nc4c5c(nc(OC[C@@]67CCCN6CCC7=C)nc5c3F)N3C[C@H]5CC[C@H](N5)[C@H]3[C@H](C)O4)c12. The molecule has 4 aromatic rings. The van der Waals surface area contributed by atoms with Crippen molar-refractivity contribution < 1.29 is 18.3 Å². The van der Waals surface area contributed by atoms with E-state index in [0.717, 1.165) is 50.8 Å². The van der Waals surface area contributed by atoms with Crippen LogP contribution in [0.15, 0.2) is 42.5 Å². The number of terminal acetylenes is 1. The van der Waals surface area contributed by atoms with E-state index in [4.69, 9.17) is 30.8 Å². The van der Waals surface area contributed by atoms with Crippen LogP contribution in [0, 0.1) is 24.0 Å². The Bertz CT molecular complexity index is 2010. The summed E-state index contributed by atoms with van der Waals surface area (Å²) < 4.78 is 45.1. The van der Waals surface area contributed by atoms with Crippen LogP contribution >= 0.6 is 0 Å². The summed E-state index contributed by atoms with van der Waals surface area (Å²) in [7, 11) is 0. The number of halogens is 2. The first-order chi connectivity index (χ1) is 22.4. The molecule has 0 radical (unpaired) electrons. The predicted octanol–water partition coefficient (Wildman–Crippen LogP) is 5.37. The summed E-state index contributed by atoms with van der Waals surface area (Å²) in [5.41, 5.74) is 1.37. The van der Waals surface area contributed by atoms with Gasteiger partial charge in [0.05, 0.1) is 17.1 Å². The molecule has 0 amide bonds. The van der Waals surface area contributed by atoms with Crippen molar-refractivity contribution in [1.29, 1.82) is 0 Å². The second kappa shape index (κ2) is 10.1. The second-order valence-corrected chi connectivity index (χ2v) is 13.4. The van der Waals surface area contributed by atoms with Crippen LogP contribution in [0.2, 0.25) is 0 Å². The molecule has 0 unspecified atom stereocenters. The van der Waals surface area contributed by atoms with Crippen LogP contribution < -0.4 is 19.7 Å². The van der Waals surface area contributed by atoms with Crippen molar-refractivity contribution in [3.63, 3.8) is 0 Å². The van der Waals surface area contributed by atoms with E-state index in [0.29, 0.717) is 46.7 Å². The molecule has 46 heavy (non-hydrogen) atoms. The van der Waals surface area contributed by atoms with E-state index in [1.54, 1.807) is 18.2 Å². The van der Waals surface area contributed by atoms with Gasteiger partial charge >= 0.3 is 6.01 Å². The first kappa shape index (κ1) is 27.9. The first-order valence-corrected chi connectivity index (χ1v) is 16.2. The summed E-state index contributed by atoms with van der Waals surface area (Å²) in [4.78, 5) is 19.2. The Balaban J connectivity index is 1.26. The van der Waals surface area contributed by atoms with Gasteiger partial charge in [0, 0.05) is 36.1 Å². The topological polar surface area (TPSA) is 75.6 Å². The summed E-state index contributed by atoms with van der Waals surface area (Å²) in [6.07, 6.45) is 10.5. The lowest BCUT2D eigenvalue weighted by atomic mass is 9.91. The standard InChI is InChI=1S/C36H34F2N6O2/c1-4-23-25(37)11-9-21-7-5-8-24(27(21)23)30-29(38)31-28-33(42-35(41-31)45-18-36-14-6-15-43(36)16-13-19(36)2)44-17-22-10-12-26(39-22)32(44)20(3)46-34(28)40-30/h1,5,7-9,11,20,22,26,32,39H,2,6,10,12-18H2,3H3/t20-,22+,26-,32+,36+/m0/s1. The molecule has 2 aromatic heterocycles. The van der Waals surface area contributed by atoms with Crippen LogP contribution in [0.25, 0.3) is 32.9 Å². The van der Waals surface area contributed by atoms with Gasteiger partial charge in [0.15, 0.2) is 5.82 Å². The van der Waals surface area contributed by atoms with Gasteiger partial charge in [0.1, 0.15) is 40.9 Å². The van der Waals surface area contributed by atoms with E-state index in [1.807, 2.05) is 13.0 Å². The van der Waals surface area contributed by atoms with Crippen LogP contribution in [-0.4, -0.2) is 75.9 Å². The number of hydrogen-bond acceptors (Lipinski definition) is 8. The van der Waals surface area contributed by atoms with Crippen molar-refractivity contribution in [3.05, 3.63) is 59.7 Å². The molecule has 4 fully saturated rings. The number of nitrogens with zero attached hydrogens (tertiary/aromatic N) is 5. The highest BCUT2D eigenvalue weighted by atomic mass is 19.1. The zero-order valence-corrected chi connectivity index (χ0v) is 25.7. The van der Waals surface area contributed by atoms with Crippen molar-refractivity contribution in [2.75, 3.05) is 31.1 Å². The number of benzene rings is 2. The molecule has 10 heteroatoms. The number of aromatic nitrogens is 3. The van der Waals surface area contributed by atoms with E-state index in [1.165, 1.54) is 6.07 Å². The number of pyridine rings is 1. The molecule has 9 rings (SSSR count). The summed E-state index contributed by atoms with van der Waals surface area (Å²) >= 11 is 0. The number of nitrogens with one attached hydrogen (secondary N) is 1. The zero-order chi connectivity index (χ0) is 31.3. The number of piperazine rings is 1. The smallest absolute Gasteiger partial charge is 0.319 e. The van der Waals surface area contributed by atoms with Gasteiger partial charge in [-0.05, 0) is 57.0 Å². The predicted molar refractivity (Wildman–Crippen MR) is 172 cm³/mol. The molecule has 0 saturated carbocycles. The average molecular weight is 621 g/mol. The molecular formula is C36H34F2N6O2. The Kier molecular flexibility index (Phi) is 6.12. The van der Waals surface area contributed by atoms with Crippen LogP contribution in [0.1, 0.15) is 44.6 Å². The number of ether oxygens (including phenoxy) is 2. The molecule has 0 aliphatic carbocycles. The van der Waals surface area contributed by atoms with Crippen molar-refractivity contribution in [1.82, 2.24) is 25.2 Å². The lowest BCUT2D eigenvalue weighted by molar-refractivity contribution is 0.130. The van der Waals surface area contributed by atoms with Gasteiger partial charge in [0.2, 0.25) is 5.88 Å².